The summed E-state index contributed by atoms with van der Waals surface area (Å²) in [7, 11) is 0. The van der Waals surface area contributed by atoms with Crippen LogP contribution in [0.5, 0.6) is 0 Å². The van der Waals surface area contributed by atoms with E-state index in [4.69, 9.17) is 9.97 Å². The molecule has 11 rings (SSSR count). The summed E-state index contributed by atoms with van der Waals surface area (Å²) in [4.78, 5) is 13.1. The van der Waals surface area contributed by atoms with Crippen molar-refractivity contribution in [2.45, 2.75) is 19.3 Å². The number of nitrogens with zero attached hydrogens (tertiary/aromatic N) is 3. The van der Waals surface area contributed by atoms with Crippen LogP contribution in [0, 0.1) is 0 Å². The molecule has 0 aliphatic heterocycles. The van der Waals surface area contributed by atoms with Crippen LogP contribution in [0.15, 0.2) is 200 Å². The Bertz CT molecular complexity index is 3170. The fourth-order valence-electron chi connectivity index (χ4n) is 9.10. The summed E-state index contributed by atoms with van der Waals surface area (Å²) in [6, 6.07) is 71.8. The van der Waals surface area contributed by atoms with Gasteiger partial charge in [0.1, 0.15) is 0 Å². The molecule has 0 N–H and O–H groups in total. The Balaban J connectivity index is 0.995. The average Bonchev–Trinajstić information content (AvgIpc) is 3.52. The normalized spacial score (nSPS) is 12.8. The van der Waals surface area contributed by atoms with Gasteiger partial charge in [0.2, 0.25) is 0 Å². The van der Waals surface area contributed by atoms with E-state index in [1.54, 1.807) is 0 Å². The van der Waals surface area contributed by atoms with Gasteiger partial charge in [0, 0.05) is 39.0 Å². The Morgan fingerprint density at radius 2 is 0.966 bits per heavy atom. The maximum Gasteiger partial charge on any atom is 0.0979 e. The molecule has 0 saturated carbocycles. The second-order valence-electron chi connectivity index (χ2n) is 15.8. The molecule has 0 amide bonds. The molecule has 0 spiro atoms. The third-order valence-electron chi connectivity index (χ3n) is 12.0. The Kier molecular flexibility index (Phi) is 7.84. The molecule has 9 aromatic carbocycles. The maximum absolute atomic E-state index is 5.43. The molecule has 3 heteroatoms. The minimum atomic E-state index is -0.0797. The molecule has 1 aliphatic carbocycles. The van der Waals surface area contributed by atoms with E-state index in [9.17, 15) is 0 Å². The first-order valence-corrected chi connectivity index (χ1v) is 20.0. The van der Waals surface area contributed by atoms with Crippen LogP contribution in [0.4, 0.5) is 17.1 Å². The van der Waals surface area contributed by atoms with Crippen LogP contribution in [-0.2, 0) is 5.41 Å². The Morgan fingerprint density at radius 3 is 1.71 bits per heavy atom. The third-order valence-corrected chi connectivity index (χ3v) is 12.0. The summed E-state index contributed by atoms with van der Waals surface area (Å²) in [6.07, 6.45) is 0. The van der Waals surface area contributed by atoms with Crippen LogP contribution in [0.3, 0.4) is 0 Å². The number of hydrogen-bond acceptors (Lipinski definition) is 3. The molecule has 1 heterocycles. The van der Waals surface area contributed by atoms with Crippen molar-refractivity contribution in [2.75, 3.05) is 4.90 Å². The van der Waals surface area contributed by atoms with Gasteiger partial charge < -0.3 is 4.90 Å². The molecule has 274 valence electrons. The highest BCUT2D eigenvalue weighted by atomic mass is 15.1. The summed E-state index contributed by atoms with van der Waals surface area (Å²) >= 11 is 0. The largest absolute Gasteiger partial charge is 0.310 e. The molecule has 3 nitrogen and oxygen atoms in total. The number of hydrogen-bond donors (Lipinski definition) is 0. The SMILES string of the molecule is CC1(C)c2ccccc2-c2ccc(N(c3ccccc3)c3ccc(-c4ccc5c(ccc6ccc7nc(-c8ccccc8)c(-c8ccccc8)nc7c65)c4)cc3)cc21. The number of aromatic nitrogens is 2. The van der Waals surface area contributed by atoms with Gasteiger partial charge in [-0.2, -0.15) is 0 Å². The Labute approximate surface area is 338 Å². The summed E-state index contributed by atoms with van der Waals surface area (Å²) in [5.41, 5.74) is 16.7. The average molecular weight is 742 g/mol. The smallest absolute Gasteiger partial charge is 0.0979 e. The van der Waals surface area contributed by atoms with E-state index in [1.165, 1.54) is 44.2 Å². The van der Waals surface area contributed by atoms with Crippen LogP contribution in [0.25, 0.3) is 77.3 Å². The van der Waals surface area contributed by atoms with Gasteiger partial charge in [0.15, 0.2) is 0 Å². The molecule has 10 aromatic rings. The molecule has 0 atom stereocenters. The van der Waals surface area contributed by atoms with Gasteiger partial charge in [0.05, 0.1) is 22.4 Å². The summed E-state index contributed by atoms with van der Waals surface area (Å²) in [6.45, 7) is 4.68. The fourth-order valence-corrected chi connectivity index (χ4v) is 9.10. The van der Waals surface area contributed by atoms with Gasteiger partial charge in [0.25, 0.3) is 0 Å². The van der Waals surface area contributed by atoms with Crippen LogP contribution in [0.2, 0.25) is 0 Å². The van der Waals surface area contributed by atoms with E-state index in [-0.39, 0.29) is 5.41 Å². The first-order valence-electron chi connectivity index (χ1n) is 20.0. The van der Waals surface area contributed by atoms with Gasteiger partial charge >= 0.3 is 0 Å². The van der Waals surface area contributed by atoms with Gasteiger partial charge in [-0.25, -0.2) is 9.97 Å². The lowest BCUT2D eigenvalue weighted by Gasteiger charge is -2.28. The molecule has 0 unspecified atom stereocenters. The zero-order chi connectivity index (χ0) is 38.8. The van der Waals surface area contributed by atoms with Crippen molar-refractivity contribution in [3.05, 3.63) is 211 Å². The lowest BCUT2D eigenvalue weighted by molar-refractivity contribution is 0.660. The van der Waals surface area contributed by atoms with Crippen LogP contribution in [-0.4, -0.2) is 9.97 Å². The van der Waals surface area contributed by atoms with Crippen molar-refractivity contribution in [1.29, 1.82) is 0 Å². The number of rotatable bonds is 6. The highest BCUT2D eigenvalue weighted by Crippen LogP contribution is 2.50. The molecule has 0 bridgehead atoms. The Hall–Kier alpha value is -7.36. The summed E-state index contributed by atoms with van der Waals surface area (Å²) in [5, 5.41) is 4.61. The summed E-state index contributed by atoms with van der Waals surface area (Å²) < 4.78 is 0. The van der Waals surface area contributed by atoms with Crippen molar-refractivity contribution in [3.63, 3.8) is 0 Å². The second-order valence-corrected chi connectivity index (χ2v) is 15.8. The molecule has 1 aromatic heterocycles. The number of anilines is 3. The van der Waals surface area contributed by atoms with Crippen LogP contribution < -0.4 is 4.90 Å². The molecule has 0 saturated heterocycles. The predicted molar refractivity (Wildman–Crippen MR) is 243 cm³/mol. The molecular formula is C55H39N3. The predicted octanol–water partition coefficient (Wildman–Crippen LogP) is 14.7. The molecule has 0 fully saturated rings. The van der Waals surface area contributed by atoms with Crippen molar-refractivity contribution in [1.82, 2.24) is 9.97 Å². The number of benzene rings is 9. The van der Waals surface area contributed by atoms with Gasteiger partial charge in [-0.05, 0) is 98.1 Å². The third kappa shape index (κ3) is 5.50. The highest BCUT2D eigenvalue weighted by Gasteiger charge is 2.35. The zero-order valence-electron chi connectivity index (χ0n) is 32.4. The zero-order valence-corrected chi connectivity index (χ0v) is 32.4. The van der Waals surface area contributed by atoms with Crippen LogP contribution >= 0.6 is 0 Å². The van der Waals surface area contributed by atoms with Gasteiger partial charge in [-0.1, -0.05) is 166 Å². The first kappa shape index (κ1) is 33.9. The lowest BCUT2D eigenvalue weighted by atomic mass is 9.82. The van der Waals surface area contributed by atoms with E-state index < -0.39 is 0 Å². The Morgan fingerprint density at radius 1 is 0.397 bits per heavy atom. The standard InChI is InChI=1S/C55H39N3/c1-55(2)48-21-13-12-20-46(48)47-32-30-44(35-49(47)55)58(42-18-10-5-11-19-42)43-28-24-36(25-29-43)40-26-31-45-41(34-40)23-22-37-27-33-50-54(51(37)45)57-53(39-16-8-4-9-17-39)52(56-50)38-14-6-3-7-15-38/h3-35H,1-2H3. The van der Waals surface area contributed by atoms with Crippen molar-refractivity contribution >= 4 is 49.6 Å². The highest BCUT2D eigenvalue weighted by molar-refractivity contribution is 6.19. The molecular weight excluding hydrogens is 703 g/mol. The van der Waals surface area contributed by atoms with Gasteiger partial charge in [-0.15, -0.1) is 0 Å². The van der Waals surface area contributed by atoms with E-state index in [1.807, 2.05) is 12.1 Å². The fraction of sp³-hybridized carbons (Fsp3) is 0.0545. The molecule has 1 aliphatic rings. The monoisotopic (exact) mass is 741 g/mol. The lowest BCUT2D eigenvalue weighted by Crippen LogP contribution is -2.16. The van der Waals surface area contributed by atoms with E-state index >= 15 is 0 Å². The van der Waals surface area contributed by atoms with Crippen molar-refractivity contribution < 1.29 is 0 Å². The minimum absolute atomic E-state index is 0.0797. The molecule has 0 radical (unpaired) electrons. The minimum Gasteiger partial charge on any atom is -0.310 e. The maximum atomic E-state index is 5.43. The van der Waals surface area contributed by atoms with Crippen LogP contribution in [0.1, 0.15) is 25.0 Å². The van der Waals surface area contributed by atoms with E-state index in [0.717, 1.165) is 61.4 Å². The quantitative estimate of drug-likeness (QED) is 0.159. The number of fused-ring (bicyclic) bond motifs is 8. The van der Waals surface area contributed by atoms with Gasteiger partial charge in [-0.3, -0.25) is 0 Å². The van der Waals surface area contributed by atoms with E-state index in [0.29, 0.717) is 0 Å². The molecule has 58 heavy (non-hydrogen) atoms. The summed E-state index contributed by atoms with van der Waals surface area (Å²) in [5.74, 6) is 0. The van der Waals surface area contributed by atoms with Crippen molar-refractivity contribution in [3.8, 4) is 44.8 Å². The second kappa shape index (κ2) is 13.4. The van der Waals surface area contributed by atoms with Crippen molar-refractivity contribution in [2.24, 2.45) is 0 Å². The number of para-hydroxylation sites is 1. The topological polar surface area (TPSA) is 29.0 Å². The van der Waals surface area contributed by atoms with E-state index in [2.05, 4.69) is 207 Å². The first-order chi connectivity index (χ1) is 28.5.